The van der Waals surface area contributed by atoms with Gasteiger partial charge < -0.3 is 15.5 Å². The molecule has 2 N–H and O–H groups in total. The maximum Gasteiger partial charge on any atom is 0.326 e. The van der Waals surface area contributed by atoms with E-state index in [-0.39, 0.29) is 24.9 Å². The fourth-order valence-corrected chi connectivity index (χ4v) is 4.08. The van der Waals surface area contributed by atoms with Crippen molar-refractivity contribution in [2.75, 3.05) is 47.8 Å². The Kier molecular flexibility index (Phi) is 7.05. The van der Waals surface area contributed by atoms with Gasteiger partial charge in [0.1, 0.15) is 18.9 Å². The van der Waals surface area contributed by atoms with Crippen LogP contribution in [0.3, 0.4) is 0 Å². The highest BCUT2D eigenvalue weighted by Gasteiger charge is 2.33. The van der Waals surface area contributed by atoms with E-state index in [1.807, 2.05) is 0 Å². The van der Waals surface area contributed by atoms with E-state index in [4.69, 9.17) is 0 Å². The molecular formula is C24H26FN5O4. The maximum atomic E-state index is 13.1. The Morgan fingerprint density at radius 1 is 0.971 bits per heavy atom. The van der Waals surface area contributed by atoms with Gasteiger partial charge in [0.15, 0.2) is 0 Å². The molecule has 0 spiro atoms. The van der Waals surface area contributed by atoms with Crippen molar-refractivity contribution in [2.24, 2.45) is 0 Å². The molecule has 34 heavy (non-hydrogen) atoms. The molecule has 1 saturated heterocycles. The zero-order chi connectivity index (χ0) is 24.1. The molecular weight excluding hydrogens is 441 g/mol. The standard InChI is InChI=1S/C24H26FN5O4/c25-17-8-10-18(11-9-17)27-24(34)30-16-23(33)29(19-5-1-2-6-20(19)30)15-21(31)26-12-4-14-28-13-3-7-22(28)32/h1-2,5-6,8-11H,3-4,7,12-16H2,(H,26,31)(H,27,34). The van der Waals surface area contributed by atoms with Crippen LogP contribution in [0.15, 0.2) is 48.5 Å². The summed E-state index contributed by atoms with van der Waals surface area (Å²) in [7, 11) is 0. The molecule has 0 saturated carbocycles. The van der Waals surface area contributed by atoms with Crippen molar-refractivity contribution in [3.8, 4) is 0 Å². The number of nitrogens with one attached hydrogen (secondary N) is 2. The molecule has 178 valence electrons. The minimum atomic E-state index is -0.534. The van der Waals surface area contributed by atoms with Crippen molar-refractivity contribution in [1.29, 1.82) is 0 Å². The molecule has 2 aromatic carbocycles. The zero-order valence-electron chi connectivity index (χ0n) is 18.6. The minimum Gasteiger partial charge on any atom is -0.354 e. The first-order valence-corrected chi connectivity index (χ1v) is 11.2. The SMILES string of the molecule is O=C(CN1C(=O)CN(C(=O)Nc2ccc(F)cc2)c2ccccc21)NCCCN1CCCC1=O. The number of rotatable bonds is 7. The molecule has 0 bridgehead atoms. The van der Waals surface area contributed by atoms with Crippen LogP contribution in [0.1, 0.15) is 19.3 Å². The van der Waals surface area contributed by atoms with E-state index in [9.17, 15) is 23.6 Å². The fraction of sp³-hybridized carbons (Fsp3) is 0.333. The monoisotopic (exact) mass is 467 g/mol. The van der Waals surface area contributed by atoms with Crippen molar-refractivity contribution < 1.29 is 23.6 Å². The van der Waals surface area contributed by atoms with Crippen LogP contribution >= 0.6 is 0 Å². The predicted molar refractivity (Wildman–Crippen MR) is 125 cm³/mol. The van der Waals surface area contributed by atoms with Crippen molar-refractivity contribution >= 4 is 40.8 Å². The highest BCUT2D eigenvalue weighted by atomic mass is 19.1. The van der Waals surface area contributed by atoms with E-state index in [0.717, 1.165) is 13.0 Å². The van der Waals surface area contributed by atoms with Crippen LogP contribution in [-0.2, 0) is 14.4 Å². The Bertz CT molecular complexity index is 1090. The van der Waals surface area contributed by atoms with Gasteiger partial charge in [0.05, 0.1) is 11.4 Å². The van der Waals surface area contributed by atoms with Crippen LogP contribution in [0.2, 0.25) is 0 Å². The predicted octanol–water partition coefficient (Wildman–Crippen LogP) is 2.34. The normalized spacial score (nSPS) is 15.4. The van der Waals surface area contributed by atoms with E-state index in [1.165, 1.54) is 34.1 Å². The lowest BCUT2D eigenvalue weighted by Gasteiger charge is -2.35. The molecule has 0 aromatic heterocycles. The highest BCUT2D eigenvalue weighted by Crippen LogP contribution is 2.33. The molecule has 2 aliphatic heterocycles. The second-order valence-electron chi connectivity index (χ2n) is 8.18. The van der Waals surface area contributed by atoms with Crippen LogP contribution in [0.5, 0.6) is 0 Å². The third-order valence-electron chi connectivity index (χ3n) is 5.80. The topological polar surface area (TPSA) is 102 Å². The first kappa shape index (κ1) is 23.2. The zero-order valence-corrected chi connectivity index (χ0v) is 18.6. The van der Waals surface area contributed by atoms with Gasteiger partial charge in [-0.15, -0.1) is 0 Å². The molecule has 10 heteroatoms. The molecule has 4 rings (SSSR count). The summed E-state index contributed by atoms with van der Waals surface area (Å²) in [5.41, 5.74) is 1.33. The third kappa shape index (κ3) is 5.33. The van der Waals surface area contributed by atoms with Crippen molar-refractivity contribution in [3.05, 3.63) is 54.3 Å². The van der Waals surface area contributed by atoms with Gasteiger partial charge in [-0.2, -0.15) is 0 Å². The lowest BCUT2D eigenvalue weighted by atomic mass is 10.1. The number of likely N-dealkylation sites (tertiary alicyclic amines) is 1. The summed E-state index contributed by atoms with van der Waals surface area (Å²) in [6.45, 7) is 1.35. The van der Waals surface area contributed by atoms with Gasteiger partial charge >= 0.3 is 6.03 Å². The van der Waals surface area contributed by atoms with Crippen molar-refractivity contribution in [3.63, 3.8) is 0 Å². The molecule has 1 fully saturated rings. The fourth-order valence-electron chi connectivity index (χ4n) is 4.08. The minimum absolute atomic E-state index is 0.148. The quantitative estimate of drug-likeness (QED) is 0.611. The third-order valence-corrected chi connectivity index (χ3v) is 5.80. The average Bonchev–Trinajstić information content (AvgIpc) is 3.24. The number of carbonyl (C=O) groups is 4. The van der Waals surface area contributed by atoms with Crippen LogP contribution in [0, 0.1) is 5.82 Å². The summed E-state index contributed by atoms with van der Waals surface area (Å²) in [4.78, 5) is 54.3. The Morgan fingerprint density at radius 3 is 2.41 bits per heavy atom. The van der Waals surface area contributed by atoms with E-state index in [2.05, 4.69) is 10.6 Å². The van der Waals surface area contributed by atoms with Gasteiger partial charge in [0.25, 0.3) is 0 Å². The molecule has 0 radical (unpaired) electrons. The number of fused-ring (bicyclic) bond motifs is 1. The summed E-state index contributed by atoms with van der Waals surface area (Å²) in [6, 6.07) is 11.6. The summed E-state index contributed by atoms with van der Waals surface area (Å²) in [5.74, 6) is -0.990. The number of nitrogens with zero attached hydrogens (tertiary/aromatic N) is 3. The van der Waals surface area contributed by atoms with Crippen LogP contribution in [0.25, 0.3) is 0 Å². The lowest BCUT2D eigenvalue weighted by molar-refractivity contribution is -0.127. The van der Waals surface area contributed by atoms with Crippen LogP contribution in [0.4, 0.5) is 26.2 Å². The first-order chi connectivity index (χ1) is 16.4. The molecule has 0 aliphatic carbocycles. The Labute approximate surface area is 196 Å². The molecule has 2 aliphatic rings. The summed E-state index contributed by atoms with van der Waals surface area (Å²) in [6.07, 6.45) is 2.10. The van der Waals surface area contributed by atoms with Crippen LogP contribution < -0.4 is 20.4 Å². The number of amides is 5. The van der Waals surface area contributed by atoms with Gasteiger partial charge in [-0.1, -0.05) is 12.1 Å². The number of benzene rings is 2. The number of hydrogen-bond acceptors (Lipinski definition) is 4. The van der Waals surface area contributed by atoms with Gasteiger partial charge in [-0.3, -0.25) is 24.2 Å². The van der Waals surface area contributed by atoms with E-state index in [0.29, 0.717) is 43.0 Å². The van der Waals surface area contributed by atoms with E-state index < -0.39 is 17.8 Å². The molecule has 0 unspecified atom stereocenters. The van der Waals surface area contributed by atoms with Crippen molar-refractivity contribution in [1.82, 2.24) is 10.2 Å². The average molecular weight is 468 g/mol. The second-order valence-corrected chi connectivity index (χ2v) is 8.18. The number of para-hydroxylation sites is 2. The first-order valence-electron chi connectivity index (χ1n) is 11.2. The molecule has 0 atom stereocenters. The number of urea groups is 1. The second kappa shape index (κ2) is 10.3. The molecule has 5 amide bonds. The molecule has 9 nitrogen and oxygen atoms in total. The Morgan fingerprint density at radius 2 is 1.71 bits per heavy atom. The van der Waals surface area contributed by atoms with Crippen molar-refractivity contribution in [2.45, 2.75) is 19.3 Å². The highest BCUT2D eigenvalue weighted by molar-refractivity contribution is 6.15. The summed E-state index contributed by atoms with van der Waals surface area (Å²) >= 11 is 0. The summed E-state index contributed by atoms with van der Waals surface area (Å²) in [5, 5.41) is 5.46. The van der Waals surface area contributed by atoms with Gasteiger partial charge in [-0.25, -0.2) is 9.18 Å². The molecule has 2 aromatic rings. The Balaban J connectivity index is 1.37. The largest absolute Gasteiger partial charge is 0.354 e. The van der Waals surface area contributed by atoms with Gasteiger partial charge in [0.2, 0.25) is 17.7 Å². The number of hydrogen-bond donors (Lipinski definition) is 2. The Hall–Kier alpha value is -3.95. The molecule has 2 heterocycles. The van der Waals surface area contributed by atoms with Gasteiger partial charge in [0, 0.05) is 31.7 Å². The summed E-state index contributed by atoms with van der Waals surface area (Å²) < 4.78 is 13.1. The maximum absolute atomic E-state index is 13.1. The smallest absolute Gasteiger partial charge is 0.326 e. The number of halogens is 1. The van der Waals surface area contributed by atoms with Crippen LogP contribution in [-0.4, -0.2) is 61.4 Å². The number of anilines is 3. The lowest BCUT2D eigenvalue weighted by Crippen LogP contribution is -2.52. The number of carbonyl (C=O) groups excluding carboxylic acids is 4. The van der Waals surface area contributed by atoms with E-state index in [1.54, 1.807) is 29.2 Å². The van der Waals surface area contributed by atoms with Gasteiger partial charge in [-0.05, 0) is 49.2 Å². The van der Waals surface area contributed by atoms with E-state index >= 15 is 0 Å².